The fourth-order valence-electron chi connectivity index (χ4n) is 6.84. The van der Waals surface area contributed by atoms with Crippen LogP contribution in [0.3, 0.4) is 0 Å². The lowest BCUT2D eigenvalue weighted by Gasteiger charge is -2.00. The molecule has 0 saturated carbocycles. The molecule has 0 unspecified atom stereocenters. The maximum atomic E-state index is 6.82. The van der Waals surface area contributed by atoms with Crippen LogP contribution >= 0.6 is 0 Å². The van der Waals surface area contributed by atoms with Crippen molar-refractivity contribution in [3.63, 3.8) is 0 Å². The number of nitrogens with zero attached hydrogens (tertiary/aromatic N) is 1. The second-order valence-electron chi connectivity index (χ2n) is 11.2. The smallest absolute Gasteiger partial charge is 0.385 e. The van der Waals surface area contributed by atoms with Crippen LogP contribution in [0.15, 0.2) is 115 Å². The van der Waals surface area contributed by atoms with Crippen LogP contribution in [0.2, 0.25) is 0 Å². The monoisotopic (exact) mass is 544 g/mol. The molecule has 0 aliphatic carbocycles. The topological polar surface area (TPSA) is 56.4 Å². The number of benzene rings is 6. The van der Waals surface area contributed by atoms with E-state index in [9.17, 15) is 0 Å². The van der Waals surface area contributed by atoms with Gasteiger partial charge in [0.25, 0.3) is 5.52 Å². The van der Waals surface area contributed by atoms with Crippen LogP contribution in [0.1, 0.15) is 5.56 Å². The second-order valence-corrected chi connectivity index (χ2v) is 11.2. The minimum atomic E-state index is 0.739. The Morgan fingerprint density at radius 3 is 2.17 bits per heavy atom. The predicted molar refractivity (Wildman–Crippen MR) is 167 cm³/mol. The summed E-state index contributed by atoms with van der Waals surface area (Å²) < 4.78 is 28.2. The Morgan fingerprint density at radius 1 is 0.500 bits per heavy atom. The van der Waals surface area contributed by atoms with Gasteiger partial charge in [-0.15, -0.1) is 0 Å². The molecule has 0 aliphatic rings. The van der Waals surface area contributed by atoms with Gasteiger partial charge in [0.15, 0.2) is 5.58 Å². The average molecular weight is 545 g/mol. The van der Waals surface area contributed by atoms with E-state index in [1.807, 2.05) is 31.3 Å². The molecule has 0 fully saturated rings. The highest BCUT2D eigenvalue weighted by Gasteiger charge is 2.30. The molecule has 0 aliphatic heterocycles. The van der Waals surface area contributed by atoms with Crippen molar-refractivity contribution in [3.05, 3.63) is 103 Å². The third-order valence-corrected chi connectivity index (χ3v) is 8.89. The van der Waals surface area contributed by atoms with Crippen LogP contribution in [-0.4, -0.2) is 0 Å². The maximum Gasteiger partial charge on any atom is 0.385 e. The van der Waals surface area contributed by atoms with Crippen molar-refractivity contribution >= 4 is 87.7 Å². The fourth-order valence-corrected chi connectivity index (χ4v) is 6.84. The number of para-hydroxylation sites is 1. The van der Waals surface area contributed by atoms with Crippen LogP contribution in [0, 0.1) is 6.92 Å². The van der Waals surface area contributed by atoms with Crippen LogP contribution in [0.5, 0.6) is 0 Å². The van der Waals surface area contributed by atoms with Gasteiger partial charge in [-0.25, -0.2) is 0 Å². The SMILES string of the molecule is Cc1ccc2c(oc3c4ccccc4ccc23)c1-c1oc2c3c(ccc2[n+]1C)oc1cc2c(cc13)oc1ccccc12. The number of aromatic nitrogens is 1. The highest BCUT2D eigenvalue weighted by Crippen LogP contribution is 2.43. The number of hydrogen-bond donors (Lipinski definition) is 0. The molecular weight excluding hydrogens is 522 g/mol. The molecule has 198 valence electrons. The summed E-state index contributed by atoms with van der Waals surface area (Å²) in [4.78, 5) is 0. The van der Waals surface area contributed by atoms with Crippen molar-refractivity contribution in [3.8, 4) is 11.5 Å². The molecule has 10 aromatic rings. The van der Waals surface area contributed by atoms with E-state index >= 15 is 0 Å². The Labute approximate surface area is 237 Å². The first-order valence-corrected chi connectivity index (χ1v) is 14.1. The molecule has 5 heteroatoms. The van der Waals surface area contributed by atoms with Gasteiger partial charge in [-0.1, -0.05) is 60.7 Å². The van der Waals surface area contributed by atoms with Crippen LogP contribution in [-0.2, 0) is 7.05 Å². The quantitative estimate of drug-likeness (QED) is 0.193. The largest absolute Gasteiger partial charge is 0.456 e. The molecular formula is C37H22NO4+. The van der Waals surface area contributed by atoms with E-state index in [0.717, 1.165) is 105 Å². The van der Waals surface area contributed by atoms with Crippen LogP contribution in [0.4, 0.5) is 0 Å². The first-order valence-electron chi connectivity index (χ1n) is 14.1. The van der Waals surface area contributed by atoms with E-state index in [2.05, 4.69) is 84.3 Å². The van der Waals surface area contributed by atoms with Gasteiger partial charge >= 0.3 is 5.89 Å². The molecule has 4 aromatic heterocycles. The van der Waals surface area contributed by atoms with Gasteiger partial charge < -0.3 is 17.7 Å². The van der Waals surface area contributed by atoms with E-state index in [0.29, 0.717) is 0 Å². The average Bonchev–Trinajstić information content (AvgIpc) is 3.76. The lowest BCUT2D eigenvalue weighted by molar-refractivity contribution is -0.637. The van der Waals surface area contributed by atoms with Gasteiger partial charge in [0.05, 0.1) is 5.39 Å². The molecule has 0 saturated heterocycles. The summed E-state index contributed by atoms with van der Waals surface area (Å²) in [5.74, 6) is 0.739. The molecule has 0 radical (unpaired) electrons. The first kappa shape index (κ1) is 22.2. The first-order chi connectivity index (χ1) is 20.6. The van der Waals surface area contributed by atoms with Crippen molar-refractivity contribution in [2.45, 2.75) is 6.92 Å². The molecule has 0 N–H and O–H groups in total. The van der Waals surface area contributed by atoms with Gasteiger partial charge in [-0.2, -0.15) is 4.57 Å². The lowest BCUT2D eigenvalue weighted by atomic mass is 10.0. The summed E-state index contributed by atoms with van der Waals surface area (Å²) >= 11 is 0. The van der Waals surface area contributed by atoms with Gasteiger partial charge in [-0.05, 0) is 48.2 Å². The van der Waals surface area contributed by atoms with Gasteiger partial charge in [0.2, 0.25) is 5.58 Å². The number of oxazole rings is 1. The number of aryl methyl sites for hydroxylation is 2. The van der Waals surface area contributed by atoms with Crippen LogP contribution in [0.25, 0.3) is 99.1 Å². The Balaban J connectivity index is 1.29. The number of furan rings is 3. The Morgan fingerprint density at radius 2 is 1.24 bits per heavy atom. The Hall–Kier alpha value is -5.55. The van der Waals surface area contributed by atoms with E-state index in [1.54, 1.807) is 0 Å². The molecule has 0 atom stereocenters. The summed E-state index contributed by atoms with van der Waals surface area (Å²) in [6.45, 7) is 2.11. The Bertz CT molecular complexity index is 2770. The zero-order valence-corrected chi connectivity index (χ0v) is 22.8. The molecule has 10 rings (SSSR count). The van der Waals surface area contributed by atoms with Crippen molar-refractivity contribution in [2.75, 3.05) is 0 Å². The molecule has 4 heterocycles. The second kappa shape index (κ2) is 7.59. The van der Waals surface area contributed by atoms with E-state index in [1.165, 1.54) is 0 Å². The zero-order chi connectivity index (χ0) is 27.7. The predicted octanol–water partition coefficient (Wildman–Crippen LogP) is 10.1. The van der Waals surface area contributed by atoms with Gasteiger partial charge in [0.1, 0.15) is 40.5 Å². The number of rotatable bonds is 1. The summed E-state index contributed by atoms with van der Waals surface area (Å²) in [5, 5.41) is 8.45. The highest BCUT2D eigenvalue weighted by molar-refractivity contribution is 6.21. The number of hydrogen-bond acceptors (Lipinski definition) is 4. The van der Waals surface area contributed by atoms with E-state index in [-0.39, 0.29) is 0 Å². The minimum Gasteiger partial charge on any atom is -0.456 e. The van der Waals surface area contributed by atoms with Crippen LogP contribution < -0.4 is 4.57 Å². The molecule has 0 amide bonds. The fraction of sp³-hybridized carbons (Fsp3) is 0.0541. The van der Waals surface area contributed by atoms with E-state index < -0.39 is 0 Å². The third-order valence-electron chi connectivity index (χ3n) is 8.89. The maximum absolute atomic E-state index is 6.82. The normalized spacial score (nSPS) is 12.5. The third kappa shape index (κ3) is 2.70. The molecule has 0 bridgehead atoms. The number of fused-ring (bicyclic) bond motifs is 13. The minimum absolute atomic E-state index is 0.739. The highest BCUT2D eigenvalue weighted by atomic mass is 16.4. The van der Waals surface area contributed by atoms with E-state index in [4.69, 9.17) is 17.7 Å². The summed E-state index contributed by atoms with van der Waals surface area (Å²) in [5.41, 5.74) is 8.78. The zero-order valence-electron chi connectivity index (χ0n) is 22.8. The lowest BCUT2D eigenvalue weighted by Crippen LogP contribution is -2.28. The Kier molecular flexibility index (Phi) is 4.01. The molecule has 0 spiro atoms. The molecule has 5 nitrogen and oxygen atoms in total. The van der Waals surface area contributed by atoms with Crippen molar-refractivity contribution in [1.82, 2.24) is 0 Å². The molecule has 42 heavy (non-hydrogen) atoms. The standard InChI is InChI=1S/C37H22NO4/c1-19-11-13-24-23-14-12-20-7-3-4-8-21(20)34(23)41-35(24)32(19)37-38(2)27-15-16-29-33(36(27)42-37)26-18-30-25(17-31(26)40-29)22-9-5-6-10-28(22)39-30/h3-18H,1-2H3/q+1. The van der Waals surface area contributed by atoms with Crippen molar-refractivity contribution < 1.29 is 22.2 Å². The summed E-state index contributed by atoms with van der Waals surface area (Å²) in [6.07, 6.45) is 0. The van der Waals surface area contributed by atoms with Gasteiger partial charge in [-0.3, -0.25) is 0 Å². The van der Waals surface area contributed by atoms with Gasteiger partial charge in [0, 0.05) is 38.4 Å². The van der Waals surface area contributed by atoms with Crippen molar-refractivity contribution in [2.24, 2.45) is 7.05 Å². The van der Waals surface area contributed by atoms with Crippen molar-refractivity contribution in [1.29, 1.82) is 0 Å². The molecule has 6 aromatic carbocycles. The summed E-state index contributed by atoms with van der Waals surface area (Å²) in [6, 6.07) is 33.3. The summed E-state index contributed by atoms with van der Waals surface area (Å²) in [7, 11) is 2.04.